The van der Waals surface area contributed by atoms with E-state index in [0.717, 1.165) is 11.1 Å². The number of halogens is 1. The van der Waals surface area contributed by atoms with Crippen molar-refractivity contribution in [3.8, 4) is 0 Å². The molecule has 0 saturated heterocycles. The maximum absolute atomic E-state index is 13.5. The topological polar surface area (TPSA) is 38.3 Å². The van der Waals surface area contributed by atoms with E-state index in [0.29, 0.717) is 24.3 Å². The molecule has 0 unspecified atom stereocenters. The molecule has 0 aliphatic carbocycles. The van der Waals surface area contributed by atoms with Gasteiger partial charge in [-0.25, -0.2) is 4.39 Å². The molecule has 3 nitrogen and oxygen atoms in total. The van der Waals surface area contributed by atoms with Gasteiger partial charge in [-0.1, -0.05) is 30.3 Å². The van der Waals surface area contributed by atoms with Crippen LogP contribution >= 0.6 is 0 Å². The van der Waals surface area contributed by atoms with Crippen molar-refractivity contribution in [2.24, 2.45) is 0 Å². The van der Waals surface area contributed by atoms with Crippen LogP contribution in [0.3, 0.4) is 0 Å². The molecule has 23 heavy (non-hydrogen) atoms. The van der Waals surface area contributed by atoms with Gasteiger partial charge < -0.3 is 10.1 Å². The highest BCUT2D eigenvalue weighted by atomic mass is 19.1. The fourth-order valence-electron chi connectivity index (χ4n) is 2.14. The number of ether oxygens (including phenoxy) is 1. The number of rotatable bonds is 6. The summed E-state index contributed by atoms with van der Waals surface area (Å²) in [4.78, 5) is 12.1. The standard InChI is InChI=1S/C19H22FNO2/c1-13(2)23-12-17-7-5-4-6-16(17)11-21-19(22)15-9-8-14(3)18(20)10-15/h4-10,13H,11-12H2,1-3H3,(H,21,22). The highest BCUT2D eigenvalue weighted by molar-refractivity contribution is 5.94. The van der Waals surface area contributed by atoms with E-state index in [-0.39, 0.29) is 17.8 Å². The highest BCUT2D eigenvalue weighted by Crippen LogP contribution is 2.13. The first-order chi connectivity index (χ1) is 11.0. The van der Waals surface area contributed by atoms with Crippen LogP contribution in [0.5, 0.6) is 0 Å². The lowest BCUT2D eigenvalue weighted by molar-refractivity contribution is 0.0651. The maximum Gasteiger partial charge on any atom is 0.251 e. The summed E-state index contributed by atoms with van der Waals surface area (Å²) < 4.78 is 19.2. The first kappa shape index (κ1) is 17.2. The SMILES string of the molecule is Cc1ccc(C(=O)NCc2ccccc2COC(C)C)cc1F. The Morgan fingerprint density at radius 2 is 1.87 bits per heavy atom. The largest absolute Gasteiger partial charge is 0.374 e. The minimum atomic E-state index is -0.372. The molecule has 0 bridgehead atoms. The number of aryl methyl sites for hydroxylation is 1. The van der Waals surface area contributed by atoms with Gasteiger partial charge in [0.25, 0.3) is 5.91 Å². The second kappa shape index (κ2) is 7.88. The number of nitrogens with one attached hydrogen (secondary N) is 1. The molecule has 0 fully saturated rings. The van der Waals surface area contributed by atoms with E-state index in [4.69, 9.17) is 4.74 Å². The summed E-state index contributed by atoms with van der Waals surface area (Å²) in [5.74, 6) is -0.660. The third-order valence-corrected chi connectivity index (χ3v) is 3.56. The fourth-order valence-corrected chi connectivity index (χ4v) is 2.14. The molecular weight excluding hydrogens is 293 g/mol. The van der Waals surface area contributed by atoms with Crippen molar-refractivity contribution in [1.82, 2.24) is 5.32 Å². The van der Waals surface area contributed by atoms with E-state index < -0.39 is 0 Å². The van der Waals surface area contributed by atoms with Crippen LogP contribution in [0.15, 0.2) is 42.5 Å². The second-order valence-electron chi connectivity index (χ2n) is 5.78. The molecule has 1 amide bonds. The minimum absolute atomic E-state index is 0.146. The summed E-state index contributed by atoms with van der Waals surface area (Å²) >= 11 is 0. The van der Waals surface area contributed by atoms with Gasteiger partial charge >= 0.3 is 0 Å². The van der Waals surface area contributed by atoms with Crippen LogP contribution in [0.2, 0.25) is 0 Å². The Balaban J connectivity index is 2.02. The van der Waals surface area contributed by atoms with Crippen LogP contribution < -0.4 is 5.32 Å². The molecule has 0 aromatic heterocycles. The van der Waals surface area contributed by atoms with E-state index in [1.807, 2.05) is 38.1 Å². The molecule has 0 heterocycles. The van der Waals surface area contributed by atoms with E-state index in [1.54, 1.807) is 19.1 Å². The number of amides is 1. The molecule has 4 heteroatoms. The van der Waals surface area contributed by atoms with E-state index in [1.165, 1.54) is 6.07 Å². The van der Waals surface area contributed by atoms with Gasteiger partial charge in [0.2, 0.25) is 0 Å². The molecule has 0 aliphatic rings. The Bertz CT molecular complexity index is 683. The van der Waals surface area contributed by atoms with E-state index in [2.05, 4.69) is 5.32 Å². The van der Waals surface area contributed by atoms with E-state index >= 15 is 0 Å². The normalized spacial score (nSPS) is 10.8. The summed E-state index contributed by atoms with van der Waals surface area (Å²) in [6, 6.07) is 12.3. The Morgan fingerprint density at radius 3 is 2.52 bits per heavy atom. The van der Waals surface area contributed by atoms with Gasteiger partial charge in [-0.15, -0.1) is 0 Å². The summed E-state index contributed by atoms with van der Waals surface area (Å²) in [6.07, 6.45) is 0.146. The Morgan fingerprint density at radius 1 is 1.17 bits per heavy atom. The van der Waals surface area contributed by atoms with Gasteiger partial charge in [-0.05, 0) is 49.6 Å². The van der Waals surface area contributed by atoms with Gasteiger partial charge in [0, 0.05) is 12.1 Å². The number of carbonyl (C=O) groups excluding carboxylic acids is 1. The van der Waals surface area contributed by atoms with Crippen molar-refractivity contribution in [1.29, 1.82) is 0 Å². The summed E-state index contributed by atoms with van der Waals surface area (Å²) in [5, 5.41) is 2.83. The van der Waals surface area contributed by atoms with Crippen LogP contribution in [-0.4, -0.2) is 12.0 Å². The van der Waals surface area contributed by atoms with E-state index in [9.17, 15) is 9.18 Å². The summed E-state index contributed by atoms with van der Waals surface area (Å²) in [6.45, 7) is 6.52. The molecule has 2 rings (SSSR count). The van der Waals surface area contributed by atoms with Crippen LogP contribution in [0.25, 0.3) is 0 Å². The van der Waals surface area contributed by atoms with Crippen molar-refractivity contribution in [3.05, 3.63) is 70.5 Å². The van der Waals surface area contributed by atoms with Gasteiger partial charge in [-0.3, -0.25) is 4.79 Å². The number of benzene rings is 2. The highest BCUT2D eigenvalue weighted by Gasteiger charge is 2.09. The average molecular weight is 315 g/mol. The summed E-state index contributed by atoms with van der Waals surface area (Å²) in [5.41, 5.74) is 2.88. The van der Waals surface area contributed by atoms with Crippen LogP contribution in [0.1, 0.15) is 40.9 Å². The predicted molar refractivity (Wildman–Crippen MR) is 88.7 cm³/mol. The molecule has 2 aromatic carbocycles. The van der Waals surface area contributed by atoms with Gasteiger partial charge in [0.15, 0.2) is 0 Å². The smallest absolute Gasteiger partial charge is 0.251 e. The first-order valence-corrected chi connectivity index (χ1v) is 7.70. The molecule has 0 aliphatic heterocycles. The lowest BCUT2D eigenvalue weighted by Gasteiger charge is -2.13. The molecule has 0 radical (unpaired) electrons. The molecule has 1 N–H and O–H groups in total. The predicted octanol–water partition coefficient (Wildman–Crippen LogP) is 3.99. The van der Waals surface area contributed by atoms with Gasteiger partial charge in [0.1, 0.15) is 5.82 Å². The van der Waals surface area contributed by atoms with Crippen LogP contribution in [0, 0.1) is 12.7 Å². The molecule has 0 atom stereocenters. The molecule has 0 spiro atoms. The van der Waals surface area contributed by atoms with Crippen molar-refractivity contribution in [2.45, 2.75) is 40.0 Å². The second-order valence-corrected chi connectivity index (χ2v) is 5.78. The number of hydrogen-bond acceptors (Lipinski definition) is 2. The molecule has 0 saturated carbocycles. The fraction of sp³-hybridized carbons (Fsp3) is 0.316. The number of hydrogen-bond donors (Lipinski definition) is 1. The van der Waals surface area contributed by atoms with Gasteiger partial charge in [0.05, 0.1) is 12.7 Å². The third-order valence-electron chi connectivity index (χ3n) is 3.56. The maximum atomic E-state index is 13.5. The lowest BCUT2D eigenvalue weighted by atomic mass is 10.1. The lowest BCUT2D eigenvalue weighted by Crippen LogP contribution is -2.23. The Kier molecular flexibility index (Phi) is 5.88. The Labute approximate surface area is 136 Å². The Hall–Kier alpha value is -2.20. The molecule has 2 aromatic rings. The third kappa shape index (κ3) is 4.89. The first-order valence-electron chi connectivity index (χ1n) is 7.70. The number of carbonyl (C=O) groups is 1. The van der Waals surface area contributed by atoms with Gasteiger partial charge in [-0.2, -0.15) is 0 Å². The van der Waals surface area contributed by atoms with Crippen molar-refractivity contribution in [2.75, 3.05) is 0 Å². The van der Waals surface area contributed by atoms with Crippen molar-refractivity contribution in [3.63, 3.8) is 0 Å². The van der Waals surface area contributed by atoms with Crippen LogP contribution in [-0.2, 0) is 17.9 Å². The van der Waals surface area contributed by atoms with Crippen LogP contribution in [0.4, 0.5) is 4.39 Å². The average Bonchev–Trinajstić information content (AvgIpc) is 2.53. The monoisotopic (exact) mass is 315 g/mol. The molecule has 122 valence electrons. The summed E-state index contributed by atoms with van der Waals surface area (Å²) in [7, 11) is 0. The van der Waals surface area contributed by atoms with Crippen molar-refractivity contribution < 1.29 is 13.9 Å². The zero-order chi connectivity index (χ0) is 16.8. The van der Waals surface area contributed by atoms with Crippen molar-refractivity contribution >= 4 is 5.91 Å². The molecular formula is C19H22FNO2. The zero-order valence-corrected chi connectivity index (χ0v) is 13.7. The zero-order valence-electron chi connectivity index (χ0n) is 13.7. The quantitative estimate of drug-likeness (QED) is 0.875. The minimum Gasteiger partial charge on any atom is -0.374 e.